The number of aliphatic carboxylic acids is 1. The van der Waals surface area contributed by atoms with E-state index in [9.17, 15) is 14.7 Å². The van der Waals surface area contributed by atoms with E-state index < -0.39 is 18.0 Å². The molecule has 2 amide bonds. The van der Waals surface area contributed by atoms with Gasteiger partial charge >= 0.3 is 12.0 Å². The Hall–Kier alpha value is -2.82. The summed E-state index contributed by atoms with van der Waals surface area (Å²) in [5.74, 6) is -1.01. The number of anilines is 2. The van der Waals surface area contributed by atoms with E-state index in [1.54, 1.807) is 24.3 Å². The third kappa shape index (κ3) is 2.45. The van der Waals surface area contributed by atoms with Gasteiger partial charge in [0.1, 0.15) is 6.04 Å². The van der Waals surface area contributed by atoms with E-state index in [0.717, 1.165) is 5.56 Å². The first-order valence-corrected chi connectivity index (χ1v) is 6.63. The van der Waals surface area contributed by atoms with Crippen molar-refractivity contribution in [1.29, 1.82) is 0 Å². The van der Waals surface area contributed by atoms with Crippen molar-refractivity contribution in [3.8, 4) is 0 Å². The van der Waals surface area contributed by atoms with Crippen molar-refractivity contribution in [3.05, 3.63) is 60.2 Å². The molecule has 1 aliphatic heterocycles. The molecule has 5 heteroatoms. The SMILES string of the molecule is O=C(O)C1Cc2ccccc2N1C(=O)Nc1ccccc1. The molecule has 0 fully saturated rings. The molecule has 106 valence electrons. The van der Waals surface area contributed by atoms with Crippen molar-refractivity contribution < 1.29 is 14.7 Å². The third-order valence-corrected chi connectivity index (χ3v) is 3.51. The van der Waals surface area contributed by atoms with Gasteiger partial charge in [0, 0.05) is 17.8 Å². The van der Waals surface area contributed by atoms with Crippen LogP contribution in [0.15, 0.2) is 54.6 Å². The van der Waals surface area contributed by atoms with E-state index in [1.807, 2.05) is 30.3 Å². The van der Waals surface area contributed by atoms with Gasteiger partial charge in [0.2, 0.25) is 0 Å². The van der Waals surface area contributed by atoms with E-state index in [0.29, 0.717) is 17.8 Å². The quantitative estimate of drug-likeness (QED) is 0.889. The average molecular weight is 282 g/mol. The lowest BCUT2D eigenvalue weighted by molar-refractivity contribution is -0.138. The highest BCUT2D eigenvalue weighted by atomic mass is 16.4. The maximum atomic E-state index is 12.4. The molecule has 0 spiro atoms. The molecule has 2 aromatic rings. The Labute approximate surface area is 121 Å². The Balaban J connectivity index is 1.91. The zero-order valence-electron chi connectivity index (χ0n) is 11.2. The topological polar surface area (TPSA) is 69.6 Å². The van der Waals surface area contributed by atoms with Gasteiger partial charge in [0.05, 0.1) is 0 Å². The second kappa shape index (κ2) is 5.28. The van der Waals surface area contributed by atoms with Gasteiger partial charge in [-0.3, -0.25) is 4.90 Å². The Morgan fingerprint density at radius 1 is 1.05 bits per heavy atom. The third-order valence-electron chi connectivity index (χ3n) is 3.51. The Kier molecular flexibility index (Phi) is 3.31. The highest BCUT2D eigenvalue weighted by Crippen LogP contribution is 2.32. The molecule has 0 saturated heterocycles. The van der Waals surface area contributed by atoms with Crippen molar-refractivity contribution in [2.24, 2.45) is 0 Å². The van der Waals surface area contributed by atoms with Gasteiger partial charge in [-0.25, -0.2) is 9.59 Å². The van der Waals surface area contributed by atoms with Crippen molar-refractivity contribution in [1.82, 2.24) is 0 Å². The normalized spacial score (nSPS) is 16.4. The standard InChI is InChI=1S/C16H14N2O3/c19-15(20)14-10-11-6-4-5-9-13(11)18(14)16(21)17-12-7-2-1-3-8-12/h1-9,14H,10H2,(H,17,21)(H,19,20). The molecule has 0 saturated carbocycles. The first-order chi connectivity index (χ1) is 10.2. The molecule has 0 bridgehead atoms. The molecule has 1 aliphatic rings. The van der Waals surface area contributed by atoms with Gasteiger partial charge < -0.3 is 10.4 Å². The van der Waals surface area contributed by atoms with Crippen molar-refractivity contribution in [2.75, 3.05) is 10.2 Å². The summed E-state index contributed by atoms with van der Waals surface area (Å²) in [6.07, 6.45) is 0.327. The molecule has 1 atom stereocenters. The second-order valence-corrected chi connectivity index (χ2v) is 4.85. The number of nitrogens with zero attached hydrogens (tertiary/aromatic N) is 1. The van der Waals surface area contributed by atoms with E-state index in [1.165, 1.54) is 4.90 Å². The van der Waals surface area contributed by atoms with Crippen LogP contribution in [0.3, 0.4) is 0 Å². The van der Waals surface area contributed by atoms with Crippen LogP contribution in [-0.4, -0.2) is 23.1 Å². The lowest BCUT2D eigenvalue weighted by atomic mass is 10.1. The fourth-order valence-corrected chi connectivity index (χ4v) is 2.54. The summed E-state index contributed by atoms with van der Waals surface area (Å²) >= 11 is 0. The smallest absolute Gasteiger partial charge is 0.327 e. The number of amides is 2. The number of carbonyl (C=O) groups is 2. The Morgan fingerprint density at radius 3 is 2.43 bits per heavy atom. The maximum absolute atomic E-state index is 12.4. The van der Waals surface area contributed by atoms with Crippen molar-refractivity contribution >= 4 is 23.4 Å². The van der Waals surface area contributed by atoms with Crippen LogP contribution in [0.4, 0.5) is 16.2 Å². The largest absolute Gasteiger partial charge is 0.480 e. The van der Waals surface area contributed by atoms with Gasteiger partial charge in [0.15, 0.2) is 0 Å². The number of urea groups is 1. The fraction of sp³-hybridized carbons (Fsp3) is 0.125. The predicted molar refractivity (Wildman–Crippen MR) is 79.5 cm³/mol. The van der Waals surface area contributed by atoms with E-state index in [2.05, 4.69) is 5.32 Å². The lowest BCUT2D eigenvalue weighted by Crippen LogP contribution is -2.45. The van der Waals surface area contributed by atoms with Crippen LogP contribution in [0.5, 0.6) is 0 Å². The van der Waals surface area contributed by atoms with E-state index in [4.69, 9.17) is 0 Å². The molecule has 5 nitrogen and oxygen atoms in total. The highest BCUT2D eigenvalue weighted by molar-refractivity contribution is 6.07. The number of nitrogens with one attached hydrogen (secondary N) is 1. The molecule has 1 unspecified atom stereocenters. The highest BCUT2D eigenvalue weighted by Gasteiger charge is 2.38. The first-order valence-electron chi connectivity index (χ1n) is 6.63. The fourth-order valence-electron chi connectivity index (χ4n) is 2.54. The zero-order valence-corrected chi connectivity index (χ0v) is 11.2. The minimum atomic E-state index is -1.01. The minimum absolute atomic E-state index is 0.327. The molecule has 0 aromatic heterocycles. The molecule has 3 rings (SSSR count). The van der Waals surface area contributed by atoms with Crippen LogP contribution in [0.25, 0.3) is 0 Å². The first kappa shape index (κ1) is 13.2. The zero-order chi connectivity index (χ0) is 14.8. The van der Waals surface area contributed by atoms with Crippen LogP contribution in [0, 0.1) is 0 Å². The van der Waals surface area contributed by atoms with Gasteiger partial charge in [-0.2, -0.15) is 0 Å². The molecule has 0 aliphatic carbocycles. The number of para-hydroxylation sites is 2. The summed E-state index contributed by atoms with van der Waals surface area (Å²) in [4.78, 5) is 25.2. The number of hydrogen-bond acceptors (Lipinski definition) is 2. The number of benzene rings is 2. The van der Waals surface area contributed by atoms with Gasteiger partial charge in [0.25, 0.3) is 0 Å². The molecule has 2 aromatic carbocycles. The van der Waals surface area contributed by atoms with Crippen LogP contribution >= 0.6 is 0 Å². The van der Waals surface area contributed by atoms with Gasteiger partial charge in [-0.15, -0.1) is 0 Å². The van der Waals surface area contributed by atoms with E-state index in [-0.39, 0.29) is 0 Å². The van der Waals surface area contributed by atoms with Crippen LogP contribution in [0.1, 0.15) is 5.56 Å². The summed E-state index contributed by atoms with van der Waals surface area (Å²) in [5, 5.41) is 12.1. The second-order valence-electron chi connectivity index (χ2n) is 4.85. The monoisotopic (exact) mass is 282 g/mol. The maximum Gasteiger partial charge on any atom is 0.327 e. The van der Waals surface area contributed by atoms with Crippen LogP contribution in [-0.2, 0) is 11.2 Å². The molecule has 0 radical (unpaired) electrons. The Morgan fingerprint density at radius 2 is 1.71 bits per heavy atom. The molecular formula is C16H14N2O3. The number of hydrogen-bond donors (Lipinski definition) is 2. The Bertz CT molecular complexity index is 685. The van der Waals surface area contributed by atoms with Crippen LogP contribution in [0.2, 0.25) is 0 Å². The summed E-state index contributed by atoms with van der Waals surface area (Å²) in [7, 11) is 0. The molecular weight excluding hydrogens is 268 g/mol. The van der Waals surface area contributed by atoms with Crippen molar-refractivity contribution in [3.63, 3.8) is 0 Å². The summed E-state index contributed by atoms with van der Waals surface area (Å²) in [6, 6.07) is 14.9. The number of fused-ring (bicyclic) bond motifs is 1. The molecule has 2 N–H and O–H groups in total. The summed E-state index contributed by atoms with van der Waals surface area (Å²) < 4.78 is 0. The van der Waals surface area contributed by atoms with Crippen LogP contribution < -0.4 is 10.2 Å². The summed E-state index contributed by atoms with van der Waals surface area (Å²) in [6.45, 7) is 0. The summed E-state index contributed by atoms with van der Waals surface area (Å²) in [5.41, 5.74) is 2.16. The minimum Gasteiger partial charge on any atom is -0.480 e. The molecule has 21 heavy (non-hydrogen) atoms. The lowest BCUT2D eigenvalue weighted by Gasteiger charge is -2.23. The molecule has 1 heterocycles. The van der Waals surface area contributed by atoms with E-state index >= 15 is 0 Å². The predicted octanol–water partition coefficient (Wildman–Crippen LogP) is 2.73. The van der Waals surface area contributed by atoms with Gasteiger partial charge in [-0.1, -0.05) is 36.4 Å². The van der Waals surface area contributed by atoms with Crippen molar-refractivity contribution in [2.45, 2.75) is 12.5 Å². The number of carboxylic acids is 1. The number of rotatable bonds is 2. The number of carbonyl (C=O) groups excluding carboxylic acids is 1. The van der Waals surface area contributed by atoms with Gasteiger partial charge in [-0.05, 0) is 23.8 Å². The number of carboxylic acid groups (broad SMARTS) is 1. The average Bonchev–Trinajstić information content (AvgIpc) is 2.88.